The lowest BCUT2D eigenvalue weighted by atomic mass is 9.99. The lowest BCUT2D eigenvalue weighted by molar-refractivity contribution is 0.415. The van der Waals surface area contributed by atoms with Crippen molar-refractivity contribution in [1.82, 2.24) is 15.0 Å². The highest BCUT2D eigenvalue weighted by Gasteiger charge is 2.22. The van der Waals surface area contributed by atoms with Crippen LogP contribution in [0.15, 0.2) is 60.9 Å². The number of methoxy groups -OCH3 is 1. The average Bonchev–Trinajstić information content (AvgIpc) is 2.89. The topological polar surface area (TPSA) is 101 Å². The molecule has 8 nitrogen and oxygen atoms in total. The van der Waals surface area contributed by atoms with Gasteiger partial charge in [0, 0.05) is 55.2 Å². The fourth-order valence-corrected chi connectivity index (χ4v) is 4.50. The van der Waals surface area contributed by atoms with Crippen LogP contribution >= 0.6 is 0 Å². The molecule has 3 heterocycles. The van der Waals surface area contributed by atoms with Gasteiger partial charge in [0.05, 0.1) is 18.5 Å². The van der Waals surface area contributed by atoms with E-state index in [-0.39, 0.29) is 0 Å². The molecule has 34 heavy (non-hydrogen) atoms. The van der Waals surface area contributed by atoms with E-state index < -0.39 is 0 Å². The number of pyridine rings is 1. The Morgan fingerprint density at radius 2 is 1.88 bits per heavy atom. The van der Waals surface area contributed by atoms with E-state index >= 15 is 0 Å². The van der Waals surface area contributed by atoms with E-state index in [4.69, 9.17) is 10.5 Å². The first-order valence-corrected chi connectivity index (χ1v) is 11.5. The summed E-state index contributed by atoms with van der Waals surface area (Å²) in [5, 5.41) is 9.08. The smallest absolute Gasteiger partial charge is 0.222 e. The van der Waals surface area contributed by atoms with E-state index in [1.54, 1.807) is 19.5 Å². The second-order valence-electron chi connectivity index (χ2n) is 8.45. The largest absolute Gasteiger partial charge is 0.497 e. The molecule has 0 saturated carbocycles. The van der Waals surface area contributed by atoms with Gasteiger partial charge in [0.15, 0.2) is 5.82 Å². The molecule has 0 unspecified atom stereocenters. The summed E-state index contributed by atoms with van der Waals surface area (Å²) >= 11 is 0. The summed E-state index contributed by atoms with van der Waals surface area (Å²) in [6, 6.07) is 16.6. The number of piperidine rings is 1. The van der Waals surface area contributed by atoms with Gasteiger partial charge < -0.3 is 26.0 Å². The van der Waals surface area contributed by atoms with E-state index in [1.165, 1.54) is 0 Å². The van der Waals surface area contributed by atoms with Gasteiger partial charge in [-0.15, -0.1) is 0 Å². The molecule has 0 spiro atoms. The molecule has 0 aliphatic carbocycles. The summed E-state index contributed by atoms with van der Waals surface area (Å²) in [7, 11) is 3.52. The number of nitrogens with one attached hydrogen (secondary N) is 2. The van der Waals surface area contributed by atoms with Crippen LogP contribution in [0.3, 0.4) is 0 Å². The fourth-order valence-electron chi connectivity index (χ4n) is 4.50. The number of nitrogen functional groups attached to an aromatic ring is 1. The van der Waals surface area contributed by atoms with Crippen molar-refractivity contribution in [2.24, 2.45) is 0 Å². The molecule has 0 atom stereocenters. The Bertz CT molecular complexity index is 1300. The van der Waals surface area contributed by atoms with Gasteiger partial charge in [0.25, 0.3) is 0 Å². The van der Waals surface area contributed by atoms with Gasteiger partial charge in [-0.05, 0) is 60.7 Å². The van der Waals surface area contributed by atoms with Crippen LogP contribution in [0.4, 0.5) is 23.1 Å². The maximum atomic E-state index is 6.15. The van der Waals surface area contributed by atoms with Gasteiger partial charge in [-0.1, -0.05) is 6.07 Å². The number of hydrogen-bond donors (Lipinski definition) is 3. The van der Waals surface area contributed by atoms with Crippen molar-refractivity contribution in [3.05, 3.63) is 60.9 Å². The molecular formula is C26H29N7O. The molecule has 1 aliphatic rings. The SMILES string of the molecule is CNc1nccc(-c2cc(NC3CCN(c4ncccc4N)CC3)c3cc(OC)ccc3c2)n1. The van der Waals surface area contributed by atoms with Crippen LogP contribution in [0.25, 0.3) is 22.0 Å². The van der Waals surface area contributed by atoms with Gasteiger partial charge in [-0.25, -0.2) is 15.0 Å². The van der Waals surface area contributed by atoms with Crippen molar-refractivity contribution < 1.29 is 4.74 Å². The average molecular weight is 456 g/mol. The van der Waals surface area contributed by atoms with Gasteiger partial charge in [0.1, 0.15) is 5.75 Å². The first-order valence-electron chi connectivity index (χ1n) is 11.5. The Labute approximate surface area is 199 Å². The van der Waals surface area contributed by atoms with Crippen molar-refractivity contribution in [3.8, 4) is 17.0 Å². The number of aromatic nitrogens is 3. The predicted molar refractivity (Wildman–Crippen MR) is 139 cm³/mol. The lowest BCUT2D eigenvalue weighted by Crippen LogP contribution is -2.39. The second kappa shape index (κ2) is 9.43. The highest BCUT2D eigenvalue weighted by Crippen LogP contribution is 2.34. The van der Waals surface area contributed by atoms with Crippen LogP contribution in [0.1, 0.15) is 12.8 Å². The molecule has 0 bridgehead atoms. The maximum absolute atomic E-state index is 6.15. The van der Waals surface area contributed by atoms with E-state index in [2.05, 4.69) is 54.8 Å². The number of fused-ring (bicyclic) bond motifs is 1. The molecule has 1 aliphatic heterocycles. The molecule has 8 heteroatoms. The minimum absolute atomic E-state index is 0.337. The van der Waals surface area contributed by atoms with Crippen LogP contribution in [0, 0.1) is 0 Å². The van der Waals surface area contributed by atoms with Gasteiger partial charge in [0.2, 0.25) is 5.95 Å². The number of hydrogen-bond acceptors (Lipinski definition) is 8. The molecule has 174 valence electrons. The third kappa shape index (κ3) is 4.39. The molecular weight excluding hydrogens is 426 g/mol. The van der Waals surface area contributed by atoms with Gasteiger partial charge in [-0.3, -0.25) is 0 Å². The first-order chi connectivity index (χ1) is 16.6. The van der Waals surface area contributed by atoms with Crippen LogP contribution in [-0.4, -0.2) is 48.2 Å². The first kappa shape index (κ1) is 21.8. The van der Waals surface area contributed by atoms with E-state index in [0.717, 1.165) is 70.9 Å². The Hall–Kier alpha value is -4.07. The Kier molecular flexibility index (Phi) is 6.03. The molecule has 1 saturated heterocycles. The van der Waals surface area contributed by atoms with Crippen LogP contribution in [0.5, 0.6) is 5.75 Å². The zero-order valence-corrected chi connectivity index (χ0v) is 19.5. The van der Waals surface area contributed by atoms with Crippen LogP contribution in [0.2, 0.25) is 0 Å². The van der Waals surface area contributed by atoms with E-state index in [0.29, 0.717) is 12.0 Å². The molecule has 5 rings (SSSR count). The highest BCUT2D eigenvalue weighted by atomic mass is 16.5. The van der Waals surface area contributed by atoms with Gasteiger partial charge in [-0.2, -0.15) is 0 Å². The molecule has 1 fully saturated rings. The molecule has 2 aromatic carbocycles. The molecule has 0 radical (unpaired) electrons. The summed E-state index contributed by atoms with van der Waals surface area (Å²) in [6.07, 6.45) is 5.55. The molecule has 4 aromatic rings. The summed E-state index contributed by atoms with van der Waals surface area (Å²) in [5.41, 5.74) is 9.86. The minimum Gasteiger partial charge on any atom is -0.497 e. The summed E-state index contributed by atoms with van der Waals surface area (Å²) in [4.78, 5) is 15.6. The third-order valence-corrected chi connectivity index (χ3v) is 6.31. The van der Waals surface area contributed by atoms with Crippen molar-refractivity contribution in [2.75, 3.05) is 48.5 Å². The van der Waals surface area contributed by atoms with Crippen molar-refractivity contribution in [1.29, 1.82) is 0 Å². The second-order valence-corrected chi connectivity index (χ2v) is 8.45. The third-order valence-electron chi connectivity index (χ3n) is 6.31. The summed E-state index contributed by atoms with van der Waals surface area (Å²) in [6.45, 7) is 1.80. The number of ether oxygens (including phenoxy) is 1. The van der Waals surface area contributed by atoms with Crippen molar-refractivity contribution in [2.45, 2.75) is 18.9 Å². The number of rotatable bonds is 6. The Balaban J connectivity index is 1.44. The molecule has 2 aromatic heterocycles. The van der Waals surface area contributed by atoms with Gasteiger partial charge >= 0.3 is 0 Å². The number of nitrogens with two attached hydrogens (primary N) is 1. The van der Waals surface area contributed by atoms with Crippen LogP contribution < -0.4 is 26.0 Å². The Morgan fingerprint density at radius 1 is 1.03 bits per heavy atom. The van der Waals surface area contributed by atoms with E-state index in [1.807, 2.05) is 31.3 Å². The maximum Gasteiger partial charge on any atom is 0.222 e. The minimum atomic E-state index is 0.337. The summed E-state index contributed by atoms with van der Waals surface area (Å²) in [5.74, 6) is 2.31. The number of nitrogens with zero attached hydrogens (tertiary/aromatic N) is 4. The normalized spacial score (nSPS) is 14.2. The lowest BCUT2D eigenvalue weighted by Gasteiger charge is -2.34. The quantitative estimate of drug-likeness (QED) is 0.393. The highest BCUT2D eigenvalue weighted by molar-refractivity contribution is 5.98. The Morgan fingerprint density at radius 3 is 2.65 bits per heavy atom. The number of anilines is 4. The zero-order valence-electron chi connectivity index (χ0n) is 19.5. The standard InChI is InChI=1S/C26H29N7O/c1-28-26-30-11-7-23(32-26)18-14-17-5-6-20(34-2)16-21(17)24(15-18)31-19-8-12-33(13-9-19)25-22(27)4-3-10-29-25/h3-7,10-11,14-16,19,31H,8-9,12-13,27H2,1-2H3,(H,28,30,32). The van der Waals surface area contributed by atoms with Crippen molar-refractivity contribution in [3.63, 3.8) is 0 Å². The monoisotopic (exact) mass is 455 g/mol. The van der Waals surface area contributed by atoms with E-state index in [9.17, 15) is 0 Å². The molecule has 4 N–H and O–H groups in total. The molecule has 0 amide bonds. The fraction of sp³-hybridized carbons (Fsp3) is 0.269. The zero-order chi connectivity index (χ0) is 23.5. The predicted octanol–water partition coefficient (Wildman–Crippen LogP) is 4.41. The van der Waals surface area contributed by atoms with Crippen LogP contribution in [-0.2, 0) is 0 Å². The number of benzene rings is 2. The summed E-state index contributed by atoms with van der Waals surface area (Å²) < 4.78 is 5.50. The van der Waals surface area contributed by atoms with Crippen molar-refractivity contribution >= 4 is 33.9 Å².